The van der Waals surface area contributed by atoms with E-state index in [0.29, 0.717) is 48.7 Å². The first-order chi connectivity index (χ1) is 19.5. The van der Waals surface area contributed by atoms with E-state index in [1.54, 1.807) is 23.9 Å². The van der Waals surface area contributed by atoms with Gasteiger partial charge < -0.3 is 19.9 Å². The standard InChI is InChI=1S/C29H34N4O6S/c34-18-20-10-12-21(13-11-20)25-17-24(19-40-29-30-14-5-15-31-29)38-28(39-25)22-6-4-7-23(16-22)32-26(35)8-2-1-3-9-27(36)33-37/h4-7,10-16,24-25,28,34,37H,1-3,8-9,17-19H2,(H,32,35)(H,33,36)/t24-,25+,28+/m0/s1. The Balaban J connectivity index is 1.40. The summed E-state index contributed by atoms with van der Waals surface area (Å²) in [5.74, 6) is 0.103. The summed E-state index contributed by atoms with van der Waals surface area (Å²) in [6, 6.07) is 16.9. The van der Waals surface area contributed by atoms with E-state index in [1.807, 2.05) is 48.5 Å². The highest BCUT2D eigenvalue weighted by atomic mass is 32.2. The first-order valence-electron chi connectivity index (χ1n) is 13.3. The smallest absolute Gasteiger partial charge is 0.243 e. The van der Waals surface area contributed by atoms with E-state index in [-0.39, 0.29) is 31.1 Å². The number of aromatic nitrogens is 2. The maximum atomic E-state index is 12.5. The van der Waals surface area contributed by atoms with Crippen molar-refractivity contribution in [1.82, 2.24) is 15.4 Å². The molecule has 2 amide bonds. The second-order valence-corrected chi connectivity index (χ2v) is 10.4. The summed E-state index contributed by atoms with van der Waals surface area (Å²) in [5, 5.41) is 21.6. The molecule has 1 aromatic heterocycles. The highest BCUT2D eigenvalue weighted by Gasteiger charge is 2.32. The number of rotatable bonds is 13. The van der Waals surface area contributed by atoms with Gasteiger partial charge in [0.25, 0.3) is 0 Å². The fourth-order valence-corrected chi connectivity index (χ4v) is 5.16. The van der Waals surface area contributed by atoms with Gasteiger partial charge in [0.15, 0.2) is 11.4 Å². The zero-order valence-electron chi connectivity index (χ0n) is 22.1. The number of aliphatic hydroxyl groups excluding tert-OH is 1. The second kappa shape index (κ2) is 15.4. The zero-order valence-corrected chi connectivity index (χ0v) is 22.9. The Labute approximate surface area is 237 Å². The van der Waals surface area contributed by atoms with Crippen molar-refractivity contribution in [3.05, 3.63) is 83.7 Å². The number of anilines is 1. The molecule has 0 unspecified atom stereocenters. The van der Waals surface area contributed by atoms with Gasteiger partial charge in [0, 0.05) is 48.7 Å². The number of hydrogen-bond acceptors (Lipinski definition) is 9. The number of carbonyl (C=O) groups is 2. The van der Waals surface area contributed by atoms with E-state index >= 15 is 0 Å². The summed E-state index contributed by atoms with van der Waals surface area (Å²) in [6.45, 7) is -0.0206. The van der Waals surface area contributed by atoms with Gasteiger partial charge in [0.2, 0.25) is 11.8 Å². The minimum absolute atomic E-state index is 0.0206. The van der Waals surface area contributed by atoms with Gasteiger partial charge in [-0.3, -0.25) is 14.8 Å². The molecular formula is C29H34N4O6S. The lowest BCUT2D eigenvalue weighted by Crippen LogP contribution is -2.31. The summed E-state index contributed by atoms with van der Waals surface area (Å²) in [5.41, 5.74) is 4.87. The molecule has 11 heteroatoms. The van der Waals surface area contributed by atoms with Crippen molar-refractivity contribution in [2.24, 2.45) is 0 Å². The van der Waals surface area contributed by atoms with Crippen LogP contribution in [-0.2, 0) is 25.7 Å². The van der Waals surface area contributed by atoms with Gasteiger partial charge in [-0.2, -0.15) is 0 Å². The van der Waals surface area contributed by atoms with Crippen molar-refractivity contribution in [2.45, 2.75) is 68.8 Å². The fourth-order valence-electron chi connectivity index (χ4n) is 4.34. The largest absolute Gasteiger partial charge is 0.392 e. The van der Waals surface area contributed by atoms with Crippen LogP contribution >= 0.6 is 11.8 Å². The Morgan fingerprint density at radius 1 is 0.925 bits per heavy atom. The molecule has 3 atom stereocenters. The predicted molar refractivity (Wildman–Crippen MR) is 149 cm³/mol. The Hall–Kier alpha value is -3.35. The zero-order chi connectivity index (χ0) is 28.2. The van der Waals surface area contributed by atoms with E-state index in [0.717, 1.165) is 16.7 Å². The van der Waals surface area contributed by atoms with E-state index in [1.165, 1.54) is 11.8 Å². The molecule has 1 fully saturated rings. The maximum absolute atomic E-state index is 12.5. The topological polar surface area (TPSA) is 143 Å². The van der Waals surface area contributed by atoms with E-state index in [9.17, 15) is 14.7 Å². The van der Waals surface area contributed by atoms with Crippen LogP contribution < -0.4 is 10.8 Å². The van der Waals surface area contributed by atoms with Crippen LogP contribution in [0.2, 0.25) is 0 Å². The van der Waals surface area contributed by atoms with Gasteiger partial charge in [-0.05, 0) is 42.2 Å². The summed E-state index contributed by atoms with van der Waals surface area (Å²) in [6.07, 6.45) is 5.57. The molecule has 212 valence electrons. The molecule has 1 aliphatic rings. The number of aliphatic hydroxyl groups is 1. The maximum Gasteiger partial charge on any atom is 0.243 e. The minimum Gasteiger partial charge on any atom is -0.392 e. The summed E-state index contributed by atoms with van der Waals surface area (Å²) in [4.78, 5) is 32.2. The number of unbranched alkanes of at least 4 members (excludes halogenated alkanes) is 2. The molecule has 40 heavy (non-hydrogen) atoms. The Morgan fingerprint density at radius 3 is 2.40 bits per heavy atom. The van der Waals surface area contributed by atoms with Crippen LogP contribution in [0.5, 0.6) is 0 Å². The molecule has 2 heterocycles. The van der Waals surface area contributed by atoms with Crippen molar-refractivity contribution in [1.29, 1.82) is 0 Å². The molecule has 1 aliphatic heterocycles. The van der Waals surface area contributed by atoms with Crippen LogP contribution in [0.3, 0.4) is 0 Å². The molecule has 4 rings (SSSR count). The molecule has 0 aliphatic carbocycles. The summed E-state index contributed by atoms with van der Waals surface area (Å²) in [7, 11) is 0. The van der Waals surface area contributed by atoms with Crippen LogP contribution in [-0.4, -0.2) is 44.0 Å². The van der Waals surface area contributed by atoms with E-state index < -0.39 is 12.2 Å². The van der Waals surface area contributed by atoms with Gasteiger partial charge in [-0.15, -0.1) is 0 Å². The lowest BCUT2D eigenvalue weighted by molar-refractivity contribution is -0.245. The Bertz CT molecular complexity index is 1230. The number of nitrogens with zero attached hydrogens (tertiary/aromatic N) is 2. The first kappa shape index (κ1) is 29.6. The van der Waals surface area contributed by atoms with Crippen molar-refractivity contribution in [3.8, 4) is 0 Å². The Morgan fingerprint density at radius 2 is 1.68 bits per heavy atom. The average molecular weight is 567 g/mol. The third kappa shape index (κ3) is 9.10. The molecule has 1 saturated heterocycles. The normalized spacial score (nSPS) is 18.7. The van der Waals surface area contributed by atoms with Crippen molar-refractivity contribution < 1.29 is 29.4 Å². The number of amides is 2. The number of carbonyl (C=O) groups excluding carboxylic acids is 2. The van der Waals surface area contributed by atoms with Gasteiger partial charge in [-0.1, -0.05) is 54.6 Å². The fraction of sp³-hybridized carbons (Fsp3) is 0.379. The van der Waals surface area contributed by atoms with Crippen LogP contribution in [0, 0.1) is 0 Å². The van der Waals surface area contributed by atoms with Crippen LogP contribution in [0.15, 0.2) is 72.1 Å². The van der Waals surface area contributed by atoms with Crippen LogP contribution in [0.1, 0.15) is 67.6 Å². The number of nitrogens with one attached hydrogen (secondary N) is 2. The van der Waals surface area contributed by atoms with Gasteiger partial charge >= 0.3 is 0 Å². The second-order valence-electron chi connectivity index (χ2n) is 9.46. The number of ether oxygens (including phenoxy) is 2. The quantitative estimate of drug-likeness (QED) is 0.0761. The molecule has 4 N–H and O–H groups in total. The lowest BCUT2D eigenvalue weighted by atomic mass is 10.0. The van der Waals surface area contributed by atoms with E-state index in [4.69, 9.17) is 14.7 Å². The van der Waals surface area contributed by atoms with Crippen LogP contribution in [0.25, 0.3) is 0 Å². The third-order valence-corrected chi connectivity index (χ3v) is 7.44. The van der Waals surface area contributed by atoms with Crippen molar-refractivity contribution in [2.75, 3.05) is 11.1 Å². The van der Waals surface area contributed by atoms with E-state index in [2.05, 4.69) is 15.3 Å². The third-order valence-electron chi connectivity index (χ3n) is 6.43. The highest BCUT2D eigenvalue weighted by molar-refractivity contribution is 7.99. The summed E-state index contributed by atoms with van der Waals surface area (Å²) >= 11 is 1.53. The molecule has 10 nitrogen and oxygen atoms in total. The monoisotopic (exact) mass is 566 g/mol. The first-order valence-corrected chi connectivity index (χ1v) is 14.3. The SMILES string of the molecule is O=C(CCCCCC(=O)Nc1cccc([C@@H]2O[C@H](CSc3ncccn3)C[C@H](c3ccc(CO)cc3)O2)c1)NO. The van der Waals surface area contributed by atoms with Crippen molar-refractivity contribution in [3.63, 3.8) is 0 Å². The molecule has 0 spiro atoms. The molecule has 0 radical (unpaired) electrons. The van der Waals surface area contributed by atoms with Gasteiger partial charge in [0.1, 0.15) is 0 Å². The number of benzene rings is 2. The molecule has 0 bridgehead atoms. The number of hydroxylamine groups is 1. The van der Waals surface area contributed by atoms with Gasteiger partial charge in [-0.25, -0.2) is 15.4 Å². The van der Waals surface area contributed by atoms with Crippen LogP contribution in [0.4, 0.5) is 5.69 Å². The predicted octanol–water partition coefficient (Wildman–Crippen LogP) is 4.70. The molecular weight excluding hydrogens is 532 g/mol. The molecule has 2 aromatic carbocycles. The molecule has 0 saturated carbocycles. The van der Waals surface area contributed by atoms with Crippen molar-refractivity contribution >= 4 is 29.3 Å². The summed E-state index contributed by atoms with van der Waals surface area (Å²) < 4.78 is 12.8. The molecule has 3 aromatic rings. The lowest BCUT2D eigenvalue weighted by Gasteiger charge is -2.36. The average Bonchev–Trinajstić information content (AvgIpc) is 3.00. The Kier molecular flexibility index (Phi) is 11.4. The number of hydrogen-bond donors (Lipinski definition) is 4. The number of thioether (sulfide) groups is 1. The van der Waals surface area contributed by atoms with Gasteiger partial charge in [0.05, 0.1) is 18.8 Å². The highest BCUT2D eigenvalue weighted by Crippen LogP contribution is 2.39. The minimum atomic E-state index is -0.645.